The highest BCUT2D eigenvalue weighted by molar-refractivity contribution is 5.72. The Morgan fingerprint density at radius 3 is 1.73 bits per heavy atom. The summed E-state index contributed by atoms with van der Waals surface area (Å²) in [4.78, 5) is 36.7. The van der Waals surface area contributed by atoms with E-state index >= 15 is 0 Å². The van der Waals surface area contributed by atoms with Crippen molar-refractivity contribution >= 4 is 17.9 Å². The van der Waals surface area contributed by atoms with Crippen molar-refractivity contribution < 1.29 is 38.2 Å². The van der Waals surface area contributed by atoms with Gasteiger partial charge in [0, 0.05) is 19.3 Å². The molecule has 0 rings (SSSR count). The number of carboxylic acids is 1. The Labute approximate surface area is 312 Å². The van der Waals surface area contributed by atoms with E-state index in [1.807, 2.05) is 27.2 Å². The van der Waals surface area contributed by atoms with Gasteiger partial charge in [0.15, 0.2) is 12.1 Å². The molecule has 0 saturated heterocycles. The molecule has 0 aliphatic heterocycles. The minimum Gasteiger partial charge on any atom is -0.477 e. The third-order valence-electron chi connectivity index (χ3n) is 8.73. The van der Waals surface area contributed by atoms with E-state index < -0.39 is 18.1 Å². The lowest BCUT2D eigenvalue weighted by Gasteiger charge is -2.31. The molecule has 0 saturated carbocycles. The van der Waals surface area contributed by atoms with Crippen molar-refractivity contribution in [2.45, 2.75) is 167 Å². The van der Waals surface area contributed by atoms with Crippen molar-refractivity contribution in [3.05, 3.63) is 48.6 Å². The number of likely N-dealkylation sites (N-methyl/N-ethyl adjacent to an activating group) is 1. The van der Waals surface area contributed by atoms with E-state index in [4.69, 9.17) is 14.2 Å². The van der Waals surface area contributed by atoms with Gasteiger partial charge < -0.3 is 23.8 Å². The smallest absolute Gasteiger partial charge is 0.362 e. The maximum Gasteiger partial charge on any atom is 0.362 e. The number of quaternary nitrogens is 1. The zero-order valence-corrected chi connectivity index (χ0v) is 33.3. The summed E-state index contributed by atoms with van der Waals surface area (Å²) in [5, 5.41) is 9.58. The molecular formula is C43H76NO7+. The van der Waals surface area contributed by atoms with Crippen molar-refractivity contribution in [2.24, 2.45) is 0 Å². The number of carbonyl (C=O) groups is 3. The summed E-state index contributed by atoms with van der Waals surface area (Å²) in [7, 11) is 5.50. The molecule has 0 fully saturated rings. The fourth-order valence-electron chi connectivity index (χ4n) is 5.59. The molecule has 0 spiro atoms. The molecule has 0 aromatic heterocycles. The maximum absolute atomic E-state index is 12.7. The number of aliphatic carboxylic acids is 1. The van der Waals surface area contributed by atoms with Gasteiger partial charge in [-0.2, -0.15) is 0 Å². The Kier molecular flexibility index (Phi) is 32.6. The first-order valence-electron chi connectivity index (χ1n) is 20.2. The van der Waals surface area contributed by atoms with Gasteiger partial charge in [0.25, 0.3) is 0 Å². The summed E-state index contributed by atoms with van der Waals surface area (Å²) in [6.45, 7) is 4.52. The van der Waals surface area contributed by atoms with Crippen LogP contribution in [0.5, 0.6) is 0 Å². The number of esters is 2. The van der Waals surface area contributed by atoms with Crippen LogP contribution in [0.1, 0.15) is 155 Å². The van der Waals surface area contributed by atoms with Crippen molar-refractivity contribution in [1.29, 1.82) is 0 Å². The van der Waals surface area contributed by atoms with E-state index in [-0.39, 0.29) is 42.7 Å². The summed E-state index contributed by atoms with van der Waals surface area (Å²) < 4.78 is 17.1. The maximum atomic E-state index is 12.7. The van der Waals surface area contributed by atoms with E-state index in [9.17, 15) is 19.5 Å². The van der Waals surface area contributed by atoms with Crippen LogP contribution >= 0.6 is 0 Å². The van der Waals surface area contributed by atoms with E-state index in [0.717, 1.165) is 51.4 Å². The highest BCUT2D eigenvalue weighted by atomic mass is 16.6. The van der Waals surface area contributed by atoms with Crippen LogP contribution < -0.4 is 0 Å². The second-order valence-electron chi connectivity index (χ2n) is 14.5. The molecule has 2 atom stereocenters. The minimum absolute atomic E-state index is 0.0466. The van der Waals surface area contributed by atoms with Crippen LogP contribution in [0.25, 0.3) is 0 Å². The van der Waals surface area contributed by atoms with Gasteiger partial charge in [-0.05, 0) is 57.8 Å². The van der Waals surface area contributed by atoms with Crippen LogP contribution in [0.2, 0.25) is 0 Å². The van der Waals surface area contributed by atoms with Crippen molar-refractivity contribution in [3.63, 3.8) is 0 Å². The molecule has 2 unspecified atom stereocenters. The van der Waals surface area contributed by atoms with E-state index in [0.29, 0.717) is 19.3 Å². The SMILES string of the molecule is CC/C=C/C/C=C/C/C=C/CCCCCCCCCCCC(=O)OC(COCCC(C(=O)O)[N+](C)(C)C)COC(=O)CC/C=C/CCCCCC. The fourth-order valence-corrected chi connectivity index (χ4v) is 5.59. The molecule has 0 aliphatic rings. The summed E-state index contributed by atoms with van der Waals surface area (Å²) in [5.41, 5.74) is 0. The first-order valence-corrected chi connectivity index (χ1v) is 20.2. The second-order valence-corrected chi connectivity index (χ2v) is 14.5. The van der Waals surface area contributed by atoms with Gasteiger partial charge in [0.05, 0.1) is 34.4 Å². The Hall–Kier alpha value is -2.71. The first kappa shape index (κ1) is 48.3. The lowest BCUT2D eigenvalue weighted by molar-refractivity contribution is -0.887. The van der Waals surface area contributed by atoms with Crippen LogP contribution in [-0.2, 0) is 28.6 Å². The van der Waals surface area contributed by atoms with E-state index in [1.165, 1.54) is 64.2 Å². The molecular weight excluding hydrogens is 642 g/mol. The summed E-state index contributed by atoms with van der Waals surface area (Å²) >= 11 is 0. The molecule has 0 amide bonds. The number of ether oxygens (including phenoxy) is 3. The average molecular weight is 719 g/mol. The quantitative estimate of drug-likeness (QED) is 0.0301. The summed E-state index contributed by atoms with van der Waals surface area (Å²) in [6.07, 6.45) is 38.9. The van der Waals surface area contributed by atoms with E-state index in [2.05, 4.69) is 56.4 Å². The topological polar surface area (TPSA) is 99.1 Å². The van der Waals surface area contributed by atoms with Crippen LogP contribution in [-0.4, -0.2) is 80.6 Å². The van der Waals surface area contributed by atoms with Crippen LogP contribution in [0.3, 0.4) is 0 Å². The molecule has 0 bridgehead atoms. The molecule has 0 aromatic rings. The van der Waals surface area contributed by atoms with Crippen LogP contribution in [0.15, 0.2) is 48.6 Å². The molecule has 0 heterocycles. The number of carboxylic acid groups (broad SMARTS) is 1. The molecule has 1 N–H and O–H groups in total. The third-order valence-corrected chi connectivity index (χ3v) is 8.73. The van der Waals surface area contributed by atoms with Gasteiger partial charge >= 0.3 is 17.9 Å². The Morgan fingerprint density at radius 1 is 0.608 bits per heavy atom. The molecule has 0 radical (unpaired) electrons. The van der Waals surface area contributed by atoms with Gasteiger partial charge in [-0.15, -0.1) is 0 Å². The molecule has 8 nitrogen and oxygen atoms in total. The molecule has 0 aliphatic carbocycles. The molecule has 0 aromatic carbocycles. The van der Waals surface area contributed by atoms with Crippen molar-refractivity contribution in [2.75, 3.05) is 41.0 Å². The van der Waals surface area contributed by atoms with Gasteiger partial charge in [0.2, 0.25) is 0 Å². The predicted octanol–water partition coefficient (Wildman–Crippen LogP) is 10.5. The normalized spacial score (nSPS) is 13.5. The number of carbonyl (C=O) groups excluding carboxylic acids is 2. The van der Waals surface area contributed by atoms with Gasteiger partial charge in [-0.25, -0.2) is 4.79 Å². The fraction of sp³-hybridized carbons (Fsp3) is 0.744. The Morgan fingerprint density at radius 2 is 1.14 bits per heavy atom. The van der Waals surface area contributed by atoms with Gasteiger partial charge in [-0.3, -0.25) is 9.59 Å². The molecule has 8 heteroatoms. The zero-order valence-electron chi connectivity index (χ0n) is 33.3. The lowest BCUT2D eigenvalue weighted by atomic mass is 10.1. The monoisotopic (exact) mass is 719 g/mol. The second kappa shape index (κ2) is 34.4. The standard InChI is InChI=1S/C43H75NO7/c1-6-8-10-12-14-16-17-18-19-20-21-22-23-24-25-26-28-30-32-34-42(46)51-39(37-49-36-35-40(43(47)48)44(3,4)5)38-50-41(45)33-31-29-27-15-13-11-9-7-2/h8,10,14,16,18-19,27,29,39-40H,6-7,9,11-13,15,17,20-26,28,30-38H2,1-5H3/p+1/b10-8+,16-14+,19-18+,29-27+. The predicted molar refractivity (Wildman–Crippen MR) is 211 cm³/mol. The Balaban J connectivity index is 4.33. The largest absolute Gasteiger partial charge is 0.477 e. The summed E-state index contributed by atoms with van der Waals surface area (Å²) in [6, 6.07) is -0.619. The average Bonchev–Trinajstić information content (AvgIpc) is 3.08. The number of nitrogens with zero attached hydrogens (tertiary/aromatic N) is 1. The number of rotatable bonds is 35. The van der Waals surface area contributed by atoms with E-state index in [1.54, 1.807) is 0 Å². The molecule has 51 heavy (non-hydrogen) atoms. The highest BCUT2D eigenvalue weighted by Gasteiger charge is 2.31. The highest BCUT2D eigenvalue weighted by Crippen LogP contribution is 2.13. The lowest BCUT2D eigenvalue weighted by Crippen LogP contribution is -2.50. The third kappa shape index (κ3) is 32.9. The molecule has 294 valence electrons. The number of hydrogen-bond acceptors (Lipinski definition) is 6. The Bertz CT molecular complexity index is 979. The van der Waals surface area contributed by atoms with Crippen LogP contribution in [0, 0.1) is 0 Å². The van der Waals surface area contributed by atoms with Crippen LogP contribution in [0.4, 0.5) is 0 Å². The van der Waals surface area contributed by atoms with Crippen molar-refractivity contribution in [1.82, 2.24) is 0 Å². The zero-order chi connectivity index (χ0) is 37.8. The van der Waals surface area contributed by atoms with Crippen molar-refractivity contribution in [3.8, 4) is 0 Å². The number of allylic oxidation sites excluding steroid dienone is 8. The number of unbranched alkanes of at least 4 members (excludes halogenated alkanes) is 13. The summed E-state index contributed by atoms with van der Waals surface area (Å²) in [5.74, 6) is -1.55. The van der Waals surface area contributed by atoms with Gasteiger partial charge in [-0.1, -0.05) is 127 Å². The first-order chi connectivity index (χ1) is 24.6. The minimum atomic E-state index is -0.882. The number of hydrogen-bond donors (Lipinski definition) is 1. The van der Waals surface area contributed by atoms with Gasteiger partial charge in [0.1, 0.15) is 6.61 Å².